The molecule has 0 bridgehead atoms. The Bertz CT molecular complexity index is 896. The maximum atomic E-state index is 9.46. The molecule has 2 nitrogen and oxygen atoms in total. The molecule has 2 aromatic carbocycles. The quantitative estimate of drug-likeness (QED) is 0.328. The molecule has 0 fully saturated rings. The number of nitrogens with zero attached hydrogens (tertiary/aromatic N) is 2. The molecule has 0 aliphatic carbocycles. The van der Waals surface area contributed by atoms with Crippen molar-refractivity contribution in [2.24, 2.45) is 4.99 Å². The summed E-state index contributed by atoms with van der Waals surface area (Å²) < 4.78 is 3.37. The first kappa shape index (κ1) is 16.8. The van der Waals surface area contributed by atoms with Crippen molar-refractivity contribution >= 4 is 66.4 Å². The summed E-state index contributed by atoms with van der Waals surface area (Å²) in [5, 5.41) is 10.7. The van der Waals surface area contributed by atoms with E-state index in [1.165, 1.54) is 15.0 Å². The van der Waals surface area contributed by atoms with Gasteiger partial charge >= 0.3 is 165 Å². The number of halogens is 1. The van der Waals surface area contributed by atoms with Gasteiger partial charge in [-0.1, -0.05) is 0 Å². The molecule has 1 unspecified atom stereocenters. The van der Waals surface area contributed by atoms with Crippen LogP contribution < -0.4 is 0 Å². The van der Waals surface area contributed by atoms with Crippen LogP contribution in [0.5, 0.6) is 0 Å². The summed E-state index contributed by atoms with van der Waals surface area (Å²) in [6.45, 7) is 0. The molecule has 1 heterocycles. The summed E-state index contributed by atoms with van der Waals surface area (Å²) in [6.07, 6.45) is 0.673. The minimum atomic E-state index is -0.320. The van der Waals surface area contributed by atoms with E-state index >= 15 is 0 Å². The molecule has 111 valence electrons. The molecular weight excluding hydrogens is 563 g/mol. The van der Waals surface area contributed by atoms with Crippen molar-refractivity contribution in [3.8, 4) is 6.07 Å². The average molecular weight is 575 g/mol. The van der Waals surface area contributed by atoms with E-state index in [4.69, 9.17) is 0 Å². The molecule has 5 heteroatoms. The summed E-state index contributed by atoms with van der Waals surface area (Å²) in [7, 11) is 0. The van der Waals surface area contributed by atoms with Crippen LogP contribution in [0.3, 0.4) is 0 Å². The van der Waals surface area contributed by atoms with Crippen molar-refractivity contribution in [3.05, 3.63) is 69.5 Å². The van der Waals surface area contributed by atoms with Gasteiger partial charge in [-0.05, 0) is 0 Å². The third-order valence-corrected chi connectivity index (χ3v) is 6.65. The van der Waals surface area contributed by atoms with Crippen LogP contribution in [0.1, 0.15) is 10.4 Å². The van der Waals surface area contributed by atoms with E-state index in [-0.39, 0.29) is 6.04 Å². The number of thiophene rings is 1. The fourth-order valence-electron chi connectivity index (χ4n) is 2.30. The second-order valence-corrected chi connectivity index (χ2v) is 9.01. The Hall–Kier alpha value is -1.04. The Morgan fingerprint density at radius 1 is 1.22 bits per heavy atom. The second kappa shape index (κ2) is 7.69. The molecule has 1 aromatic heterocycles. The van der Waals surface area contributed by atoms with E-state index in [1.807, 2.05) is 24.3 Å². The maximum absolute atomic E-state index is 9.46. The standard InChI is InChI=1S/C18H12BrN2S.Pb/c19-15-7-6-14-8-17(22-18(14)9-15)10-16(11-20)21-12-13-4-2-1-3-5-13;/h1-9,16H,10H2;. The number of rotatable bonds is 4. The predicted octanol–water partition coefficient (Wildman–Crippen LogP) is 4.71. The van der Waals surface area contributed by atoms with Crippen LogP contribution in [0.25, 0.3) is 10.1 Å². The van der Waals surface area contributed by atoms with Crippen molar-refractivity contribution in [2.45, 2.75) is 12.5 Å². The van der Waals surface area contributed by atoms with E-state index < -0.39 is 0 Å². The molecule has 0 spiro atoms. The molecule has 0 aliphatic rings. The van der Waals surface area contributed by atoms with Gasteiger partial charge < -0.3 is 0 Å². The predicted molar refractivity (Wildman–Crippen MR) is 101 cm³/mol. The van der Waals surface area contributed by atoms with Gasteiger partial charge in [0.1, 0.15) is 0 Å². The molecule has 3 radical (unpaired) electrons. The molecule has 0 aliphatic heterocycles. The number of nitriles is 1. The van der Waals surface area contributed by atoms with Gasteiger partial charge in [0.15, 0.2) is 0 Å². The fourth-order valence-corrected chi connectivity index (χ4v) is 5.20. The van der Waals surface area contributed by atoms with Crippen LogP contribution in [-0.4, -0.2) is 35.1 Å². The zero-order valence-electron chi connectivity index (χ0n) is 12.2. The Kier molecular flexibility index (Phi) is 5.62. The first-order valence-electron chi connectivity index (χ1n) is 7.08. The van der Waals surface area contributed by atoms with Crippen LogP contribution in [0.4, 0.5) is 0 Å². The van der Waals surface area contributed by atoms with Gasteiger partial charge in [0.2, 0.25) is 0 Å². The minimum absolute atomic E-state index is 0.320. The van der Waals surface area contributed by atoms with Crippen LogP contribution >= 0.6 is 27.3 Å². The van der Waals surface area contributed by atoms with Crippen molar-refractivity contribution in [1.82, 2.24) is 0 Å². The van der Waals surface area contributed by atoms with Crippen LogP contribution in [0.2, 0.25) is 0 Å². The summed E-state index contributed by atoms with van der Waals surface area (Å²) >= 11 is 6.07. The van der Waals surface area contributed by atoms with E-state index in [0.29, 0.717) is 6.42 Å². The zero-order chi connectivity index (χ0) is 16.2. The average Bonchev–Trinajstić information content (AvgIpc) is 2.96. The summed E-state index contributed by atoms with van der Waals surface area (Å²) in [6, 6.07) is 20.6. The number of hydrogen-bond acceptors (Lipinski definition) is 3. The molecule has 3 rings (SSSR count). The number of fused-ring (bicyclic) bond motifs is 1. The second-order valence-electron chi connectivity index (χ2n) is 5.09. The Balaban J connectivity index is 1.82. The first-order valence-corrected chi connectivity index (χ1v) is 10.6. The van der Waals surface area contributed by atoms with Gasteiger partial charge in [-0.2, -0.15) is 0 Å². The SMILES string of the molecule is N#CC(Cc1cc2ccc(Br)cc2s1)N=[C]([Pb])c1ccccc1. The fraction of sp³-hybridized carbons (Fsp3) is 0.111. The summed E-state index contributed by atoms with van der Waals surface area (Å²) in [5.41, 5.74) is 1.12. The van der Waals surface area contributed by atoms with Crippen LogP contribution in [-0.2, 0) is 6.42 Å². The van der Waals surface area contributed by atoms with Crippen molar-refractivity contribution in [3.63, 3.8) is 0 Å². The zero-order valence-corrected chi connectivity index (χ0v) is 18.5. The first-order chi connectivity index (χ1) is 11.2. The molecule has 0 saturated carbocycles. The van der Waals surface area contributed by atoms with Crippen LogP contribution in [0.15, 0.2) is 64.1 Å². The van der Waals surface area contributed by atoms with Crippen LogP contribution in [0, 0.1) is 11.3 Å². The molecule has 3 aromatic rings. The normalized spacial score (nSPS) is 13.0. The summed E-state index contributed by atoms with van der Waals surface area (Å²) in [5.74, 6) is 0. The van der Waals surface area contributed by atoms with Gasteiger partial charge in [0.25, 0.3) is 0 Å². The van der Waals surface area contributed by atoms with Crippen molar-refractivity contribution < 1.29 is 0 Å². The van der Waals surface area contributed by atoms with Gasteiger partial charge in [-0.15, -0.1) is 0 Å². The monoisotopic (exact) mass is 575 g/mol. The molecule has 0 N–H and O–H groups in total. The van der Waals surface area contributed by atoms with Gasteiger partial charge in [0, 0.05) is 0 Å². The number of benzene rings is 2. The van der Waals surface area contributed by atoms with E-state index in [0.717, 1.165) is 39.1 Å². The number of aliphatic imine (C=N–C) groups is 1. The summed E-state index contributed by atoms with van der Waals surface area (Å²) in [4.78, 5) is 5.87. The van der Waals surface area contributed by atoms with Gasteiger partial charge in [-0.3, -0.25) is 0 Å². The third kappa shape index (κ3) is 4.28. The Morgan fingerprint density at radius 2 is 2.00 bits per heavy atom. The van der Waals surface area contributed by atoms with E-state index in [9.17, 15) is 5.26 Å². The van der Waals surface area contributed by atoms with Crippen molar-refractivity contribution in [1.29, 1.82) is 5.26 Å². The molecule has 0 amide bonds. The molecule has 1 atom stereocenters. The van der Waals surface area contributed by atoms with E-state index in [1.54, 1.807) is 11.3 Å². The molecular formula is C18H12BrN2PbS. The van der Waals surface area contributed by atoms with E-state index in [2.05, 4.69) is 57.3 Å². The third-order valence-electron chi connectivity index (χ3n) is 3.41. The number of hydrogen-bond donors (Lipinski definition) is 0. The Labute approximate surface area is 163 Å². The molecule has 23 heavy (non-hydrogen) atoms. The van der Waals surface area contributed by atoms with Crippen molar-refractivity contribution in [2.75, 3.05) is 0 Å². The topological polar surface area (TPSA) is 36.1 Å². The van der Waals surface area contributed by atoms with Gasteiger partial charge in [0.05, 0.1) is 0 Å². The Morgan fingerprint density at radius 3 is 2.74 bits per heavy atom. The van der Waals surface area contributed by atoms with Gasteiger partial charge in [-0.25, -0.2) is 0 Å². The molecule has 0 saturated heterocycles.